The Bertz CT molecular complexity index is 767. The highest BCUT2D eigenvalue weighted by molar-refractivity contribution is 6.30. The number of nitrogens with zero attached hydrogens (tertiary/aromatic N) is 3. The van der Waals surface area contributed by atoms with Crippen LogP contribution in [0.3, 0.4) is 0 Å². The number of carbonyl (C=O) groups is 1. The van der Waals surface area contributed by atoms with E-state index >= 15 is 0 Å². The molecule has 0 aliphatic carbocycles. The molecule has 7 heteroatoms. The Hall–Kier alpha value is -2.78. The Morgan fingerprint density at radius 1 is 1.33 bits per heavy atom. The van der Waals surface area contributed by atoms with Crippen molar-refractivity contribution in [2.24, 2.45) is 0 Å². The van der Waals surface area contributed by atoms with Crippen LogP contribution in [0.15, 0.2) is 42.6 Å². The molecule has 1 aliphatic rings. The molecule has 0 atom stereocenters. The third-order valence-corrected chi connectivity index (χ3v) is 3.80. The Balaban J connectivity index is 1.45. The number of benzene rings is 1. The molecule has 2 aromatic rings. The minimum Gasteiger partial charge on any atom is -0.484 e. The van der Waals surface area contributed by atoms with Gasteiger partial charge in [-0.1, -0.05) is 11.6 Å². The first-order valence-corrected chi connectivity index (χ1v) is 7.71. The van der Waals surface area contributed by atoms with Crippen molar-refractivity contribution < 1.29 is 14.3 Å². The van der Waals surface area contributed by atoms with E-state index in [2.05, 4.69) is 4.98 Å². The third kappa shape index (κ3) is 3.76. The predicted molar refractivity (Wildman–Crippen MR) is 86.9 cm³/mol. The summed E-state index contributed by atoms with van der Waals surface area (Å²) in [5.41, 5.74) is 0.383. The van der Waals surface area contributed by atoms with Gasteiger partial charge in [-0.2, -0.15) is 5.26 Å². The smallest absolute Gasteiger partial charge is 0.260 e. The lowest BCUT2D eigenvalue weighted by molar-refractivity contribution is -0.142. The fraction of sp³-hybridized carbons (Fsp3) is 0.235. The Morgan fingerprint density at radius 2 is 2.08 bits per heavy atom. The van der Waals surface area contributed by atoms with Crippen molar-refractivity contribution >= 4 is 17.5 Å². The second-order valence-electron chi connectivity index (χ2n) is 5.25. The number of hydrogen-bond acceptors (Lipinski definition) is 5. The first-order chi connectivity index (χ1) is 11.7. The molecule has 1 aromatic heterocycles. The van der Waals surface area contributed by atoms with Gasteiger partial charge in [0.25, 0.3) is 5.91 Å². The van der Waals surface area contributed by atoms with Crippen molar-refractivity contribution in [2.75, 3.05) is 19.7 Å². The van der Waals surface area contributed by atoms with E-state index in [1.807, 2.05) is 6.07 Å². The number of ether oxygens (including phenoxy) is 2. The summed E-state index contributed by atoms with van der Waals surface area (Å²) < 4.78 is 11.1. The van der Waals surface area contributed by atoms with Crippen molar-refractivity contribution in [3.8, 4) is 17.7 Å². The van der Waals surface area contributed by atoms with Gasteiger partial charge in [-0.3, -0.25) is 4.79 Å². The van der Waals surface area contributed by atoms with Gasteiger partial charge in [-0.25, -0.2) is 4.98 Å². The molecule has 0 spiro atoms. The molecule has 1 fully saturated rings. The summed E-state index contributed by atoms with van der Waals surface area (Å²) in [6, 6.07) is 12.2. The largest absolute Gasteiger partial charge is 0.484 e. The minimum absolute atomic E-state index is 0.0403. The molecule has 2 heterocycles. The molecule has 24 heavy (non-hydrogen) atoms. The zero-order valence-electron chi connectivity index (χ0n) is 12.7. The molecule has 0 bridgehead atoms. The number of rotatable bonds is 5. The Labute approximate surface area is 144 Å². The normalized spacial score (nSPS) is 13.8. The van der Waals surface area contributed by atoms with E-state index in [1.54, 1.807) is 47.5 Å². The fourth-order valence-electron chi connectivity index (χ4n) is 2.21. The summed E-state index contributed by atoms with van der Waals surface area (Å²) in [7, 11) is 0. The van der Waals surface area contributed by atoms with Gasteiger partial charge in [0.1, 0.15) is 23.5 Å². The van der Waals surface area contributed by atoms with Crippen LogP contribution >= 0.6 is 11.6 Å². The molecule has 1 amide bonds. The lowest BCUT2D eigenvalue weighted by Crippen LogP contribution is -2.57. The molecule has 122 valence electrons. The van der Waals surface area contributed by atoms with Crippen molar-refractivity contribution in [1.29, 1.82) is 5.26 Å². The van der Waals surface area contributed by atoms with E-state index in [-0.39, 0.29) is 18.6 Å². The first kappa shape index (κ1) is 16.1. The van der Waals surface area contributed by atoms with Gasteiger partial charge in [-0.05, 0) is 36.4 Å². The van der Waals surface area contributed by atoms with Crippen LogP contribution in [0.5, 0.6) is 11.6 Å². The third-order valence-electron chi connectivity index (χ3n) is 3.55. The topological polar surface area (TPSA) is 75.5 Å². The van der Waals surface area contributed by atoms with Gasteiger partial charge in [0.05, 0.1) is 13.1 Å². The van der Waals surface area contributed by atoms with Crippen molar-refractivity contribution in [3.05, 3.63) is 53.2 Å². The van der Waals surface area contributed by atoms with Crippen molar-refractivity contribution in [1.82, 2.24) is 9.88 Å². The van der Waals surface area contributed by atoms with Crippen LogP contribution < -0.4 is 9.47 Å². The summed E-state index contributed by atoms with van der Waals surface area (Å²) in [6.07, 6.45) is 1.41. The van der Waals surface area contributed by atoms with E-state index in [0.717, 1.165) is 0 Å². The van der Waals surface area contributed by atoms with Crippen molar-refractivity contribution in [3.63, 3.8) is 0 Å². The zero-order chi connectivity index (χ0) is 16.9. The van der Waals surface area contributed by atoms with E-state index in [4.69, 9.17) is 26.3 Å². The van der Waals surface area contributed by atoms with Crippen LogP contribution in [0, 0.1) is 11.3 Å². The van der Waals surface area contributed by atoms with Crippen LogP contribution in [-0.4, -0.2) is 41.6 Å². The molecular formula is C17H14ClN3O3. The van der Waals surface area contributed by atoms with Crippen LogP contribution in [0.2, 0.25) is 5.02 Å². The minimum atomic E-state index is -0.161. The van der Waals surface area contributed by atoms with E-state index in [9.17, 15) is 4.79 Å². The quantitative estimate of drug-likeness (QED) is 0.832. The van der Waals surface area contributed by atoms with Gasteiger partial charge in [0.2, 0.25) is 5.88 Å². The van der Waals surface area contributed by atoms with Crippen LogP contribution in [0.4, 0.5) is 0 Å². The van der Waals surface area contributed by atoms with Gasteiger partial charge >= 0.3 is 0 Å². The maximum Gasteiger partial charge on any atom is 0.260 e. The predicted octanol–water partition coefficient (Wildman–Crippen LogP) is 2.28. The van der Waals surface area contributed by atoms with Crippen molar-refractivity contribution in [2.45, 2.75) is 6.10 Å². The van der Waals surface area contributed by atoms with E-state index in [1.165, 1.54) is 0 Å². The zero-order valence-corrected chi connectivity index (χ0v) is 13.4. The molecule has 0 unspecified atom stereocenters. The second kappa shape index (κ2) is 7.20. The number of likely N-dealkylation sites (tertiary alicyclic amines) is 1. The molecule has 1 aromatic carbocycles. The summed E-state index contributed by atoms with van der Waals surface area (Å²) in [5, 5.41) is 9.61. The highest BCUT2D eigenvalue weighted by Gasteiger charge is 2.33. The first-order valence-electron chi connectivity index (χ1n) is 7.33. The summed E-state index contributed by atoms with van der Waals surface area (Å²) >= 11 is 5.79. The molecule has 1 aliphatic heterocycles. The number of amides is 1. The van der Waals surface area contributed by atoms with Crippen LogP contribution in [0.25, 0.3) is 0 Å². The Morgan fingerprint density at radius 3 is 2.79 bits per heavy atom. The van der Waals surface area contributed by atoms with Crippen LogP contribution in [0.1, 0.15) is 5.56 Å². The van der Waals surface area contributed by atoms with Gasteiger partial charge in [-0.15, -0.1) is 0 Å². The average molecular weight is 344 g/mol. The fourth-order valence-corrected chi connectivity index (χ4v) is 2.34. The van der Waals surface area contributed by atoms with E-state index in [0.29, 0.717) is 35.3 Å². The SMILES string of the molecule is N#Cc1cccnc1OC1CN(C(=O)COc2ccc(Cl)cc2)C1. The lowest BCUT2D eigenvalue weighted by Gasteiger charge is -2.38. The molecule has 1 saturated heterocycles. The summed E-state index contributed by atoms with van der Waals surface area (Å²) in [6.45, 7) is 0.857. The standard InChI is InChI=1S/C17H14ClN3O3/c18-13-3-5-14(6-4-13)23-11-16(22)21-9-15(10-21)24-17-12(8-19)2-1-7-20-17/h1-7,15H,9-11H2. The average Bonchev–Trinajstić information content (AvgIpc) is 2.57. The molecule has 0 radical (unpaired) electrons. The highest BCUT2D eigenvalue weighted by Crippen LogP contribution is 2.20. The molecule has 0 N–H and O–H groups in total. The number of nitriles is 1. The summed E-state index contributed by atoms with van der Waals surface area (Å²) in [4.78, 5) is 17.7. The maximum absolute atomic E-state index is 12.0. The summed E-state index contributed by atoms with van der Waals surface area (Å²) in [5.74, 6) is 0.772. The number of hydrogen-bond donors (Lipinski definition) is 0. The van der Waals surface area contributed by atoms with Gasteiger partial charge in [0.15, 0.2) is 6.61 Å². The van der Waals surface area contributed by atoms with Crippen LogP contribution in [-0.2, 0) is 4.79 Å². The monoisotopic (exact) mass is 343 g/mol. The van der Waals surface area contributed by atoms with Gasteiger partial charge < -0.3 is 14.4 Å². The number of halogens is 1. The molecule has 3 rings (SSSR count). The highest BCUT2D eigenvalue weighted by atomic mass is 35.5. The second-order valence-corrected chi connectivity index (χ2v) is 5.69. The maximum atomic E-state index is 12.0. The number of carbonyl (C=O) groups excluding carboxylic acids is 1. The number of aromatic nitrogens is 1. The van der Waals surface area contributed by atoms with E-state index < -0.39 is 0 Å². The Kier molecular flexibility index (Phi) is 4.82. The molecular weight excluding hydrogens is 330 g/mol. The van der Waals surface area contributed by atoms with Gasteiger partial charge in [0, 0.05) is 11.2 Å². The lowest BCUT2D eigenvalue weighted by atomic mass is 10.1. The molecule has 6 nitrogen and oxygen atoms in total. The number of pyridine rings is 1. The molecule has 0 saturated carbocycles.